The molecule has 2 aliphatic rings. The van der Waals surface area contributed by atoms with Crippen LogP contribution in [-0.2, 0) is 7.05 Å². The maximum absolute atomic E-state index is 6.36. The van der Waals surface area contributed by atoms with E-state index in [9.17, 15) is 0 Å². The van der Waals surface area contributed by atoms with Gasteiger partial charge in [0.1, 0.15) is 11.6 Å². The van der Waals surface area contributed by atoms with Crippen molar-refractivity contribution in [2.45, 2.75) is 43.7 Å². The Hall–Kier alpha value is -2.41. The zero-order valence-corrected chi connectivity index (χ0v) is 15.5. The Morgan fingerprint density at radius 3 is 2.58 bits per heavy atom. The van der Waals surface area contributed by atoms with Crippen LogP contribution in [0.25, 0.3) is 16.8 Å². The molecule has 2 aliphatic carbocycles. The summed E-state index contributed by atoms with van der Waals surface area (Å²) in [6, 6.07) is 0.602. The summed E-state index contributed by atoms with van der Waals surface area (Å²) < 4.78 is 10.1. The summed E-state index contributed by atoms with van der Waals surface area (Å²) in [5, 5.41) is 8.85. The molecule has 0 N–H and O–H groups in total. The summed E-state index contributed by atoms with van der Waals surface area (Å²) >= 11 is 0. The molecule has 3 aromatic heterocycles. The van der Waals surface area contributed by atoms with Gasteiger partial charge in [0, 0.05) is 43.3 Å². The van der Waals surface area contributed by atoms with E-state index < -0.39 is 0 Å². The van der Waals surface area contributed by atoms with Crippen molar-refractivity contribution in [2.24, 2.45) is 7.05 Å². The fourth-order valence-corrected chi connectivity index (χ4v) is 3.68. The Morgan fingerprint density at radius 2 is 1.92 bits per heavy atom. The number of nitrogens with zero attached hydrogens (tertiary/aromatic N) is 6. The predicted molar refractivity (Wildman–Crippen MR) is 98.3 cm³/mol. The van der Waals surface area contributed by atoms with E-state index in [1.165, 1.54) is 18.4 Å². The molecule has 0 spiro atoms. The second-order valence-corrected chi connectivity index (χ2v) is 7.83. The topological polar surface area (TPSA) is 60.5 Å². The Morgan fingerprint density at radius 1 is 1.12 bits per heavy atom. The number of ether oxygens (including phenoxy) is 1. The first kappa shape index (κ1) is 15.8. The highest BCUT2D eigenvalue weighted by atomic mass is 16.5. The average Bonchev–Trinajstić information content (AvgIpc) is 3.17. The molecular formula is C19H24N6O. The lowest BCUT2D eigenvalue weighted by molar-refractivity contribution is 0.0379. The number of aromatic nitrogens is 5. The van der Waals surface area contributed by atoms with Gasteiger partial charge in [-0.25, -0.2) is 9.50 Å². The molecule has 0 radical (unpaired) electrons. The average molecular weight is 352 g/mol. The van der Waals surface area contributed by atoms with E-state index in [0.717, 1.165) is 29.6 Å². The van der Waals surface area contributed by atoms with Crippen molar-refractivity contribution >= 4 is 5.52 Å². The van der Waals surface area contributed by atoms with Crippen molar-refractivity contribution in [2.75, 3.05) is 14.1 Å². The van der Waals surface area contributed by atoms with Crippen molar-refractivity contribution in [3.63, 3.8) is 0 Å². The van der Waals surface area contributed by atoms with Crippen LogP contribution in [0, 0.1) is 0 Å². The van der Waals surface area contributed by atoms with Crippen LogP contribution in [0.5, 0.6) is 5.88 Å². The van der Waals surface area contributed by atoms with Gasteiger partial charge in [-0.1, -0.05) is 0 Å². The third kappa shape index (κ3) is 2.67. The monoisotopic (exact) mass is 352 g/mol. The Balaban J connectivity index is 1.53. The van der Waals surface area contributed by atoms with E-state index in [-0.39, 0.29) is 6.10 Å². The largest absolute Gasteiger partial charge is 0.473 e. The minimum atomic E-state index is 0.227. The van der Waals surface area contributed by atoms with Crippen molar-refractivity contribution in [1.82, 2.24) is 29.3 Å². The highest BCUT2D eigenvalue weighted by Crippen LogP contribution is 2.44. The third-order valence-electron chi connectivity index (χ3n) is 5.59. The van der Waals surface area contributed by atoms with Gasteiger partial charge >= 0.3 is 0 Å². The Labute approximate surface area is 152 Å². The molecule has 0 unspecified atom stereocenters. The first-order valence-electron chi connectivity index (χ1n) is 9.29. The maximum Gasteiger partial charge on any atom is 0.241 e. The van der Waals surface area contributed by atoms with Gasteiger partial charge in [0.25, 0.3) is 0 Å². The molecule has 7 nitrogen and oxygen atoms in total. The Bertz CT molecular complexity index is 948. The number of hydrogen-bond acceptors (Lipinski definition) is 5. The van der Waals surface area contributed by atoms with Gasteiger partial charge in [-0.15, -0.1) is 0 Å². The van der Waals surface area contributed by atoms with E-state index in [1.807, 2.05) is 36.4 Å². The van der Waals surface area contributed by atoms with E-state index in [2.05, 4.69) is 29.2 Å². The normalized spacial score (nSPS) is 22.8. The fourth-order valence-electron chi connectivity index (χ4n) is 3.68. The highest BCUT2D eigenvalue weighted by Gasteiger charge is 2.34. The Kier molecular flexibility index (Phi) is 3.53. The zero-order valence-electron chi connectivity index (χ0n) is 15.5. The molecule has 5 rings (SSSR count). The molecule has 0 bridgehead atoms. The molecule has 0 amide bonds. The molecule has 0 aromatic carbocycles. The summed E-state index contributed by atoms with van der Waals surface area (Å²) in [5.41, 5.74) is 4.12. The lowest BCUT2D eigenvalue weighted by atomic mass is 9.88. The predicted octanol–water partition coefficient (Wildman–Crippen LogP) is 2.48. The second kappa shape index (κ2) is 5.81. The van der Waals surface area contributed by atoms with Crippen LogP contribution < -0.4 is 4.74 Å². The number of rotatable bonds is 5. The lowest BCUT2D eigenvalue weighted by Crippen LogP contribution is -2.46. The summed E-state index contributed by atoms with van der Waals surface area (Å²) in [4.78, 5) is 7.14. The van der Waals surface area contributed by atoms with Crippen LogP contribution >= 0.6 is 0 Å². The molecule has 0 saturated heterocycles. The summed E-state index contributed by atoms with van der Waals surface area (Å²) in [7, 11) is 6.17. The molecule has 2 fully saturated rings. The number of aryl methyl sites for hydroxylation is 1. The molecule has 3 aromatic rings. The molecule has 26 heavy (non-hydrogen) atoms. The van der Waals surface area contributed by atoms with Crippen LogP contribution in [-0.4, -0.2) is 55.5 Å². The lowest BCUT2D eigenvalue weighted by Gasteiger charge is -2.39. The van der Waals surface area contributed by atoms with Crippen molar-refractivity contribution in [3.8, 4) is 17.1 Å². The van der Waals surface area contributed by atoms with Crippen molar-refractivity contribution < 1.29 is 4.74 Å². The minimum absolute atomic E-state index is 0.227. The summed E-state index contributed by atoms with van der Waals surface area (Å²) in [6.07, 6.45) is 12.5. The van der Waals surface area contributed by atoms with Gasteiger partial charge in [0.2, 0.25) is 5.88 Å². The van der Waals surface area contributed by atoms with E-state index in [4.69, 9.17) is 9.72 Å². The van der Waals surface area contributed by atoms with Gasteiger partial charge in [-0.3, -0.25) is 4.68 Å². The fraction of sp³-hybridized carbons (Fsp3) is 0.526. The van der Waals surface area contributed by atoms with Gasteiger partial charge in [0.15, 0.2) is 0 Å². The SMILES string of the molecule is CN(C)C1CC(Oc2nc(-c3cnn(C)c3)cn3ncc(C4CC4)c23)C1. The molecule has 3 heterocycles. The van der Waals surface area contributed by atoms with Crippen LogP contribution in [0.4, 0.5) is 0 Å². The smallest absolute Gasteiger partial charge is 0.241 e. The minimum Gasteiger partial charge on any atom is -0.473 e. The third-order valence-corrected chi connectivity index (χ3v) is 5.59. The highest BCUT2D eigenvalue weighted by molar-refractivity contribution is 5.68. The quantitative estimate of drug-likeness (QED) is 0.706. The summed E-state index contributed by atoms with van der Waals surface area (Å²) in [5.74, 6) is 1.32. The van der Waals surface area contributed by atoms with Gasteiger partial charge < -0.3 is 9.64 Å². The van der Waals surface area contributed by atoms with Crippen LogP contribution in [0.3, 0.4) is 0 Å². The first-order valence-corrected chi connectivity index (χ1v) is 9.29. The van der Waals surface area contributed by atoms with E-state index in [0.29, 0.717) is 17.8 Å². The van der Waals surface area contributed by atoms with Crippen molar-refractivity contribution in [3.05, 3.63) is 30.4 Å². The molecule has 0 aliphatic heterocycles. The van der Waals surface area contributed by atoms with Gasteiger partial charge in [-0.2, -0.15) is 10.2 Å². The molecule has 0 atom stereocenters. The van der Waals surface area contributed by atoms with Crippen LogP contribution in [0.1, 0.15) is 37.2 Å². The molecule has 7 heteroatoms. The molecule has 136 valence electrons. The maximum atomic E-state index is 6.36. The van der Waals surface area contributed by atoms with Crippen molar-refractivity contribution in [1.29, 1.82) is 0 Å². The molecular weight excluding hydrogens is 328 g/mol. The summed E-state index contributed by atoms with van der Waals surface area (Å²) in [6.45, 7) is 0. The van der Waals surface area contributed by atoms with E-state index >= 15 is 0 Å². The van der Waals surface area contributed by atoms with E-state index in [1.54, 1.807) is 4.68 Å². The number of hydrogen-bond donors (Lipinski definition) is 0. The van der Waals surface area contributed by atoms with Gasteiger partial charge in [0.05, 0.1) is 24.3 Å². The first-order chi connectivity index (χ1) is 12.6. The van der Waals surface area contributed by atoms with Gasteiger partial charge in [-0.05, 0) is 32.9 Å². The molecule has 2 saturated carbocycles. The zero-order chi connectivity index (χ0) is 17.8. The standard InChI is InChI=1S/C19H24N6O/c1-23(2)14-6-15(7-14)26-19-18-16(12-4-5-12)9-21-25(18)11-17(22-19)13-8-20-24(3)10-13/h8-12,14-15H,4-7H2,1-3H3. The van der Waals surface area contributed by atoms with Crippen LogP contribution in [0.15, 0.2) is 24.8 Å². The second-order valence-electron chi connectivity index (χ2n) is 7.83. The number of fused-ring (bicyclic) bond motifs is 1. The van der Waals surface area contributed by atoms with Crippen LogP contribution in [0.2, 0.25) is 0 Å².